The molecule has 0 bridgehead atoms. The number of hydrogen-bond donors (Lipinski definition) is 1. The zero-order valence-electron chi connectivity index (χ0n) is 16.0. The van der Waals surface area contributed by atoms with Crippen molar-refractivity contribution in [2.75, 3.05) is 0 Å². The third-order valence-electron chi connectivity index (χ3n) is 5.24. The molecule has 2 atom stereocenters. The highest BCUT2D eigenvalue weighted by Crippen LogP contribution is 2.39. The van der Waals surface area contributed by atoms with Crippen LogP contribution >= 0.6 is 0 Å². The van der Waals surface area contributed by atoms with Crippen LogP contribution in [0.3, 0.4) is 0 Å². The molecule has 1 amide bonds. The molecule has 2 aromatic rings. The lowest BCUT2D eigenvalue weighted by molar-refractivity contribution is 0.0633. The Bertz CT molecular complexity index is 857. The zero-order chi connectivity index (χ0) is 19.9. The SMILES string of the molecule is Cc1cnc2n1C[C@H](c1cccc(F)c1F)CC[C@H]2N(C(=O)O)C(C)(C)C. The Morgan fingerprint density at radius 2 is 2.00 bits per heavy atom. The highest BCUT2D eigenvalue weighted by Gasteiger charge is 2.39. The molecule has 0 spiro atoms. The summed E-state index contributed by atoms with van der Waals surface area (Å²) in [5.74, 6) is -1.29. The maximum atomic E-state index is 14.4. The molecule has 0 unspecified atom stereocenters. The van der Waals surface area contributed by atoms with E-state index < -0.39 is 29.3 Å². The van der Waals surface area contributed by atoms with Gasteiger partial charge in [-0.15, -0.1) is 0 Å². The van der Waals surface area contributed by atoms with E-state index in [2.05, 4.69) is 4.98 Å². The molecule has 0 aliphatic carbocycles. The van der Waals surface area contributed by atoms with Crippen molar-refractivity contribution in [3.8, 4) is 0 Å². The van der Waals surface area contributed by atoms with Crippen molar-refractivity contribution < 1.29 is 18.7 Å². The van der Waals surface area contributed by atoms with Crippen molar-refractivity contribution in [3.05, 3.63) is 53.1 Å². The number of benzene rings is 1. The second-order valence-corrected chi connectivity index (χ2v) is 8.12. The Labute approximate surface area is 157 Å². The summed E-state index contributed by atoms with van der Waals surface area (Å²) in [6.07, 6.45) is 1.71. The first-order valence-corrected chi connectivity index (χ1v) is 9.09. The van der Waals surface area contributed by atoms with E-state index in [0.29, 0.717) is 30.8 Å². The molecule has 1 aromatic carbocycles. The molecule has 0 saturated carbocycles. The van der Waals surface area contributed by atoms with Crippen LogP contribution in [-0.4, -0.2) is 31.2 Å². The Balaban J connectivity index is 2.05. The number of hydrogen-bond acceptors (Lipinski definition) is 2. The Morgan fingerprint density at radius 3 is 2.63 bits per heavy atom. The molecular weight excluding hydrogens is 352 g/mol. The van der Waals surface area contributed by atoms with Crippen LogP contribution in [-0.2, 0) is 6.54 Å². The van der Waals surface area contributed by atoms with Gasteiger partial charge in [0.15, 0.2) is 11.6 Å². The zero-order valence-corrected chi connectivity index (χ0v) is 16.0. The molecule has 0 radical (unpaired) electrons. The van der Waals surface area contributed by atoms with Gasteiger partial charge in [-0.1, -0.05) is 12.1 Å². The van der Waals surface area contributed by atoms with Crippen molar-refractivity contribution in [2.45, 2.75) is 64.6 Å². The van der Waals surface area contributed by atoms with E-state index in [1.54, 1.807) is 12.3 Å². The van der Waals surface area contributed by atoms with Gasteiger partial charge in [0.1, 0.15) is 5.82 Å². The first-order chi connectivity index (χ1) is 12.6. The van der Waals surface area contributed by atoms with Gasteiger partial charge < -0.3 is 9.67 Å². The predicted octanol–water partition coefficient (Wildman–Crippen LogP) is 4.87. The van der Waals surface area contributed by atoms with E-state index in [9.17, 15) is 18.7 Å². The largest absolute Gasteiger partial charge is 0.465 e. The topological polar surface area (TPSA) is 58.4 Å². The molecule has 7 heteroatoms. The van der Waals surface area contributed by atoms with Gasteiger partial charge in [0.25, 0.3) is 0 Å². The summed E-state index contributed by atoms with van der Waals surface area (Å²) in [5, 5.41) is 9.83. The fourth-order valence-corrected chi connectivity index (χ4v) is 4.00. The van der Waals surface area contributed by atoms with Crippen molar-refractivity contribution in [2.24, 2.45) is 0 Å². The van der Waals surface area contributed by atoms with Gasteiger partial charge in [0, 0.05) is 29.9 Å². The number of amides is 1. The number of aromatic nitrogens is 2. The van der Waals surface area contributed by atoms with E-state index in [0.717, 1.165) is 11.8 Å². The van der Waals surface area contributed by atoms with Crippen LogP contribution < -0.4 is 0 Å². The summed E-state index contributed by atoms with van der Waals surface area (Å²) in [5.41, 5.74) is 0.579. The summed E-state index contributed by atoms with van der Waals surface area (Å²) in [7, 11) is 0. The Kier molecular flexibility index (Phi) is 4.97. The number of carboxylic acid groups (broad SMARTS) is 1. The molecule has 5 nitrogen and oxygen atoms in total. The highest BCUT2D eigenvalue weighted by atomic mass is 19.2. The first-order valence-electron chi connectivity index (χ1n) is 9.09. The summed E-state index contributed by atoms with van der Waals surface area (Å²) < 4.78 is 30.1. The van der Waals surface area contributed by atoms with Crippen LogP contribution in [0.2, 0.25) is 0 Å². The lowest BCUT2D eigenvalue weighted by Crippen LogP contribution is -2.47. The minimum atomic E-state index is -1.02. The van der Waals surface area contributed by atoms with Gasteiger partial charge in [-0.25, -0.2) is 18.6 Å². The quantitative estimate of drug-likeness (QED) is 0.812. The van der Waals surface area contributed by atoms with Gasteiger partial charge in [0.2, 0.25) is 0 Å². The molecule has 0 fully saturated rings. The Morgan fingerprint density at radius 1 is 1.30 bits per heavy atom. The van der Waals surface area contributed by atoms with Crippen molar-refractivity contribution in [1.29, 1.82) is 0 Å². The van der Waals surface area contributed by atoms with E-state index >= 15 is 0 Å². The number of fused-ring (bicyclic) bond motifs is 1. The second-order valence-electron chi connectivity index (χ2n) is 8.12. The second kappa shape index (κ2) is 6.94. The smallest absolute Gasteiger partial charge is 0.408 e. The van der Waals surface area contributed by atoms with Crippen molar-refractivity contribution >= 4 is 6.09 Å². The molecule has 0 saturated heterocycles. The summed E-state index contributed by atoms with van der Waals surface area (Å²) in [6.45, 7) is 7.86. The average molecular weight is 377 g/mol. The van der Waals surface area contributed by atoms with Crippen LogP contribution in [0.15, 0.2) is 24.4 Å². The summed E-state index contributed by atoms with van der Waals surface area (Å²) in [6, 6.07) is 3.78. The highest BCUT2D eigenvalue weighted by molar-refractivity contribution is 5.66. The van der Waals surface area contributed by atoms with Crippen LogP contribution in [0, 0.1) is 18.6 Å². The molecule has 146 valence electrons. The van der Waals surface area contributed by atoms with Gasteiger partial charge in [0.05, 0.1) is 6.04 Å². The van der Waals surface area contributed by atoms with Crippen LogP contribution in [0.4, 0.5) is 13.6 Å². The normalized spacial score (nSPS) is 20.1. The van der Waals surface area contributed by atoms with Crippen molar-refractivity contribution in [3.63, 3.8) is 0 Å². The molecule has 27 heavy (non-hydrogen) atoms. The van der Waals surface area contributed by atoms with Gasteiger partial charge in [-0.2, -0.15) is 0 Å². The van der Waals surface area contributed by atoms with Crippen LogP contribution in [0.5, 0.6) is 0 Å². The molecule has 1 aliphatic heterocycles. The van der Waals surface area contributed by atoms with E-state index in [1.165, 1.54) is 11.0 Å². The number of carbonyl (C=O) groups is 1. The standard InChI is InChI=1S/C20H25F2N3O2/c1-12-10-23-18-16(25(19(26)27)20(2,3)4)9-8-13(11-24(12)18)14-6-5-7-15(21)17(14)22/h5-7,10,13,16H,8-9,11H2,1-4H3,(H,26,27)/t13-,16-/m1/s1. The summed E-state index contributed by atoms with van der Waals surface area (Å²) >= 11 is 0. The molecular formula is C20H25F2N3O2. The lowest BCUT2D eigenvalue weighted by atomic mass is 9.91. The number of imidazole rings is 1. The van der Waals surface area contributed by atoms with E-state index in [1.807, 2.05) is 32.3 Å². The Hall–Kier alpha value is -2.44. The first kappa shape index (κ1) is 19.3. The molecule has 1 aromatic heterocycles. The number of aryl methyl sites for hydroxylation is 1. The van der Waals surface area contributed by atoms with Crippen LogP contribution in [0.1, 0.15) is 62.7 Å². The minimum Gasteiger partial charge on any atom is -0.465 e. The van der Waals surface area contributed by atoms with Gasteiger partial charge in [-0.3, -0.25) is 4.90 Å². The fraction of sp³-hybridized carbons (Fsp3) is 0.500. The number of halogens is 2. The number of rotatable bonds is 2. The van der Waals surface area contributed by atoms with E-state index in [4.69, 9.17) is 0 Å². The van der Waals surface area contributed by atoms with Gasteiger partial charge >= 0.3 is 6.09 Å². The average Bonchev–Trinajstić information content (AvgIpc) is 2.81. The summed E-state index contributed by atoms with van der Waals surface area (Å²) in [4.78, 5) is 17.9. The molecule has 2 heterocycles. The monoisotopic (exact) mass is 377 g/mol. The molecule has 3 rings (SSSR count). The van der Waals surface area contributed by atoms with Crippen molar-refractivity contribution in [1.82, 2.24) is 14.5 Å². The number of nitrogens with zero attached hydrogens (tertiary/aromatic N) is 3. The van der Waals surface area contributed by atoms with Gasteiger partial charge in [-0.05, 0) is 52.2 Å². The molecule has 1 N–H and O–H groups in total. The maximum Gasteiger partial charge on any atom is 0.408 e. The fourth-order valence-electron chi connectivity index (χ4n) is 4.00. The molecule has 1 aliphatic rings. The predicted molar refractivity (Wildman–Crippen MR) is 97.7 cm³/mol. The third-order valence-corrected chi connectivity index (χ3v) is 5.24. The maximum absolute atomic E-state index is 14.4. The van der Waals surface area contributed by atoms with E-state index in [-0.39, 0.29) is 5.92 Å². The lowest BCUT2D eigenvalue weighted by Gasteiger charge is -2.39. The van der Waals surface area contributed by atoms with Crippen LogP contribution in [0.25, 0.3) is 0 Å². The third kappa shape index (κ3) is 3.55. The minimum absolute atomic E-state index is 0.257.